The summed E-state index contributed by atoms with van der Waals surface area (Å²) in [5.74, 6) is -3.02. The molecule has 3 heterocycles. The number of hydrogen-bond acceptors (Lipinski definition) is 9. The Morgan fingerprint density at radius 2 is 2.22 bits per heavy atom. The summed E-state index contributed by atoms with van der Waals surface area (Å²) in [6.07, 6.45) is -6.65. The first-order chi connectivity index (χ1) is 15.3. The third-order valence-corrected chi connectivity index (χ3v) is 6.92. The molecule has 3 N–H and O–H groups in total. The summed E-state index contributed by atoms with van der Waals surface area (Å²) in [5, 5.41) is 20.4. The molecule has 1 aromatic carbocycles. The first-order valence-corrected chi connectivity index (χ1v) is 11.5. The molecule has 174 valence electrons. The summed E-state index contributed by atoms with van der Waals surface area (Å²) in [5.41, 5.74) is 1.15. The van der Waals surface area contributed by atoms with E-state index in [9.17, 15) is 19.6 Å². The third kappa shape index (κ3) is 4.17. The van der Waals surface area contributed by atoms with Crippen LogP contribution in [-0.4, -0.2) is 44.4 Å². The lowest BCUT2D eigenvalue weighted by Crippen LogP contribution is -2.43. The molecule has 2 aliphatic rings. The zero-order chi connectivity index (χ0) is 24.3. The van der Waals surface area contributed by atoms with E-state index in [4.69, 9.17) is 43.5 Å². The van der Waals surface area contributed by atoms with Gasteiger partial charge in [0, 0.05) is 11.8 Å². The predicted octanol–water partition coefficient (Wildman–Crippen LogP) is 2.83. The molecule has 32 heavy (non-hydrogen) atoms. The molecule has 1 aromatic heterocycles. The standard InChI is InChI=1S/C18H19ClFN2O8PS/c1-8-3-9(2)13-10(4-8)6-27-31(26,30-13)28-7-18(20)14(24)12(23)16(29-18)22-5-11(19)15(32)21-17(22)25/h3-5,12,14,16,23-24H,6-7H2,1-2H3,(H,21,25,32)/t12-,14+,16-,18-,31?/m1/s1/i16D. The largest absolute Gasteiger partial charge is 0.530 e. The van der Waals surface area contributed by atoms with Crippen LogP contribution in [0.2, 0.25) is 5.02 Å². The predicted molar refractivity (Wildman–Crippen MR) is 112 cm³/mol. The van der Waals surface area contributed by atoms with Crippen LogP contribution >= 0.6 is 31.6 Å². The maximum absolute atomic E-state index is 15.5. The summed E-state index contributed by atoms with van der Waals surface area (Å²) >= 11 is 10.7. The van der Waals surface area contributed by atoms with Gasteiger partial charge in [0.15, 0.2) is 6.20 Å². The third-order valence-electron chi connectivity index (χ3n) is 4.90. The Hall–Kier alpha value is -1.63. The molecule has 2 aliphatic heterocycles. The molecule has 1 saturated heterocycles. The number of aromatic nitrogens is 2. The number of H-pyrrole nitrogens is 1. The summed E-state index contributed by atoms with van der Waals surface area (Å²) in [6, 6.07) is 3.55. The average Bonchev–Trinajstić information content (AvgIpc) is 2.91. The number of nitrogens with zero attached hydrogens (tertiary/aromatic N) is 1. The van der Waals surface area contributed by atoms with Gasteiger partial charge in [-0.25, -0.2) is 13.8 Å². The number of nitrogens with one attached hydrogen (secondary N) is 1. The number of phosphoric acid groups is 1. The van der Waals surface area contributed by atoms with E-state index in [0.717, 1.165) is 11.8 Å². The van der Waals surface area contributed by atoms with Crippen molar-refractivity contribution in [1.29, 1.82) is 0 Å². The fourth-order valence-electron chi connectivity index (χ4n) is 3.38. The van der Waals surface area contributed by atoms with Crippen molar-refractivity contribution in [2.45, 2.75) is 44.7 Å². The minimum absolute atomic E-state index is 0.139. The SMILES string of the molecule is [2H][C@@]1(n2cc(Cl)c(=S)[nH]c2=O)O[C@](F)(COP2(=O)OCc3cc(C)cc(C)c3O2)[C@@H](O)[C@H]1O. The van der Waals surface area contributed by atoms with Crippen LogP contribution in [0.5, 0.6) is 5.75 Å². The molecular formula is C18H19ClFN2O8PS. The van der Waals surface area contributed by atoms with Crippen LogP contribution in [0.4, 0.5) is 4.39 Å². The van der Waals surface area contributed by atoms with Gasteiger partial charge in [0.2, 0.25) is 0 Å². The van der Waals surface area contributed by atoms with Crippen molar-refractivity contribution in [3.8, 4) is 5.75 Å². The second kappa shape index (κ2) is 8.30. The number of aliphatic hydroxyl groups excluding tert-OH is 2. The quantitative estimate of drug-likeness (QED) is 0.420. The van der Waals surface area contributed by atoms with Crippen LogP contribution in [0.15, 0.2) is 23.1 Å². The molecule has 2 aromatic rings. The van der Waals surface area contributed by atoms with Crippen molar-refractivity contribution in [2.75, 3.05) is 6.61 Å². The topological polar surface area (TPSA) is 132 Å². The van der Waals surface area contributed by atoms with Gasteiger partial charge in [-0.05, 0) is 19.4 Å². The molecule has 0 bridgehead atoms. The number of phosphoric ester groups is 1. The molecule has 1 unspecified atom stereocenters. The number of rotatable bonds is 4. The zero-order valence-corrected chi connectivity index (χ0v) is 19.2. The lowest BCUT2D eigenvalue weighted by molar-refractivity contribution is -0.205. The van der Waals surface area contributed by atoms with E-state index >= 15 is 4.39 Å². The smallest absolute Gasteiger partial charge is 0.403 e. The van der Waals surface area contributed by atoms with Crippen molar-refractivity contribution in [3.05, 3.63) is 55.2 Å². The van der Waals surface area contributed by atoms with Crippen molar-refractivity contribution in [1.82, 2.24) is 9.55 Å². The Morgan fingerprint density at radius 3 is 2.94 bits per heavy atom. The summed E-state index contributed by atoms with van der Waals surface area (Å²) < 4.78 is 57.6. The molecule has 0 amide bonds. The van der Waals surface area contributed by atoms with Crippen molar-refractivity contribution in [3.63, 3.8) is 0 Å². The fraction of sp³-hybridized carbons (Fsp3) is 0.444. The zero-order valence-electron chi connectivity index (χ0n) is 17.7. The molecule has 4 rings (SSSR count). The van der Waals surface area contributed by atoms with Gasteiger partial charge in [-0.15, -0.1) is 0 Å². The Labute approximate surface area is 192 Å². The molecule has 0 saturated carbocycles. The van der Waals surface area contributed by atoms with Crippen LogP contribution < -0.4 is 10.2 Å². The summed E-state index contributed by atoms with van der Waals surface area (Å²) in [7, 11) is -4.35. The van der Waals surface area contributed by atoms with Crippen LogP contribution in [0.25, 0.3) is 0 Å². The fourth-order valence-corrected chi connectivity index (χ4v) is 4.96. The van der Waals surface area contributed by atoms with Gasteiger partial charge < -0.3 is 19.5 Å². The molecule has 14 heteroatoms. The number of fused-ring (bicyclic) bond motifs is 1. The van der Waals surface area contributed by atoms with E-state index in [0.29, 0.717) is 15.7 Å². The minimum Gasteiger partial charge on any atom is -0.403 e. The maximum Gasteiger partial charge on any atom is 0.530 e. The van der Waals surface area contributed by atoms with Gasteiger partial charge in [-0.2, -0.15) is 0 Å². The highest BCUT2D eigenvalue weighted by molar-refractivity contribution is 7.71. The van der Waals surface area contributed by atoms with Gasteiger partial charge in [-0.3, -0.25) is 18.6 Å². The normalized spacial score (nSPS) is 34.6. The number of benzene rings is 1. The number of alkyl halides is 1. The summed E-state index contributed by atoms with van der Waals surface area (Å²) in [4.78, 5) is 14.4. The molecular weight excluding hydrogens is 490 g/mol. The highest BCUT2D eigenvalue weighted by atomic mass is 35.5. The van der Waals surface area contributed by atoms with Gasteiger partial charge in [0.05, 0.1) is 13.0 Å². The monoisotopic (exact) mass is 509 g/mol. The molecule has 1 fully saturated rings. The molecule has 0 spiro atoms. The van der Waals surface area contributed by atoms with Crippen LogP contribution in [-0.2, 0) is 25.0 Å². The lowest BCUT2D eigenvalue weighted by Gasteiger charge is -2.29. The van der Waals surface area contributed by atoms with E-state index in [2.05, 4.69) is 4.98 Å². The second-order valence-electron chi connectivity index (χ2n) is 7.38. The van der Waals surface area contributed by atoms with Gasteiger partial charge >= 0.3 is 13.5 Å². The van der Waals surface area contributed by atoms with E-state index in [-0.39, 0.29) is 22.0 Å². The number of aryl methyl sites for hydroxylation is 2. The van der Waals surface area contributed by atoms with Gasteiger partial charge in [0.25, 0.3) is 5.85 Å². The second-order valence-corrected chi connectivity index (χ2v) is 9.79. The van der Waals surface area contributed by atoms with Crippen LogP contribution in [0.1, 0.15) is 24.3 Å². The van der Waals surface area contributed by atoms with Crippen molar-refractivity contribution in [2.24, 2.45) is 0 Å². The lowest BCUT2D eigenvalue weighted by atomic mass is 10.1. The number of halogens is 2. The number of ether oxygens (including phenoxy) is 1. The maximum atomic E-state index is 15.5. The molecule has 0 radical (unpaired) electrons. The van der Waals surface area contributed by atoms with Crippen molar-refractivity contribution >= 4 is 31.6 Å². The van der Waals surface area contributed by atoms with Gasteiger partial charge in [-0.1, -0.05) is 41.5 Å². The molecule has 10 nitrogen and oxygen atoms in total. The molecule has 5 atom stereocenters. The van der Waals surface area contributed by atoms with E-state index in [1.165, 1.54) is 0 Å². The molecule has 0 aliphatic carbocycles. The number of hydrogen-bond donors (Lipinski definition) is 3. The van der Waals surface area contributed by atoms with Crippen LogP contribution in [0.3, 0.4) is 0 Å². The van der Waals surface area contributed by atoms with Gasteiger partial charge in [0.1, 0.15) is 29.2 Å². The highest BCUT2D eigenvalue weighted by Crippen LogP contribution is 2.56. The minimum atomic E-state index is -4.35. The average molecular weight is 510 g/mol. The van der Waals surface area contributed by atoms with E-state index in [1.807, 2.05) is 6.92 Å². The van der Waals surface area contributed by atoms with E-state index < -0.39 is 44.4 Å². The van der Waals surface area contributed by atoms with Crippen LogP contribution in [0, 0.1) is 18.5 Å². The van der Waals surface area contributed by atoms with Crippen molar-refractivity contribution < 1.29 is 38.8 Å². The summed E-state index contributed by atoms with van der Waals surface area (Å²) in [6.45, 7) is 2.19. The first-order valence-electron chi connectivity index (χ1n) is 9.74. The highest BCUT2D eigenvalue weighted by Gasteiger charge is 2.57. The Balaban J connectivity index is 1.58. The number of aromatic amines is 1. The first kappa shape index (κ1) is 22.2. The Bertz CT molecular complexity index is 1290. The Kier molecular flexibility index (Phi) is 5.75. The van der Waals surface area contributed by atoms with E-state index in [1.54, 1.807) is 19.1 Å². The number of aliphatic hydroxyl groups is 2. The Morgan fingerprint density at radius 1 is 1.50 bits per heavy atom.